The van der Waals surface area contributed by atoms with E-state index in [9.17, 15) is 0 Å². The molecule has 0 spiro atoms. The Labute approximate surface area is 849 Å². The predicted octanol–water partition coefficient (Wildman–Crippen LogP) is 41.8. The van der Waals surface area contributed by atoms with Gasteiger partial charge in [0.15, 0.2) is 5.58 Å². The topological polar surface area (TPSA) is 36.0 Å². The Morgan fingerprint density at radius 1 is 0.152 bits per heavy atom. The van der Waals surface area contributed by atoms with Crippen molar-refractivity contribution in [2.75, 3.05) is 14.7 Å². The number of thiophene rings is 4. The van der Waals surface area contributed by atoms with Gasteiger partial charge >= 0.3 is 0 Å². The van der Waals surface area contributed by atoms with E-state index in [-0.39, 0.29) is 0 Å². The first-order valence-electron chi connectivity index (χ1n) is 49.2. The molecule has 5 nitrogen and oxygen atoms in total. The number of furan rings is 2. The molecule has 0 saturated heterocycles. The van der Waals surface area contributed by atoms with E-state index in [0.717, 1.165) is 94.5 Å². The standard InChI is InChI=1S/C52H31NOS.C44H27NS2.C40H25NOS/c1-4-16-37-32(12-1)15-11-22-38(37)34-24-27-36(28-25-34)53(45-31-44-42-20-9-10-23-47(42)54-51(44)43-21-8-7-19-41(43)45)46-30-35-14-3-6-18-40(35)50-49-39-17-5-2-13-33(39)26-29-48(49)55-52(46)50;1-2-11-28(12-3-1)31-23-24-38(34-16-7-6-15-33(31)34)45(39-19-10-18-36-35-17-8-9-20-40(35)47-44(36)39)30-22-26-41-37(27-30)43-32-14-5-4-13-29(32)21-25-42(43)46-41;1-2-9-26(10-3-1)27-17-20-29(21-18-27)41(30-22-24-38-34(25-30)32-13-6-7-16-37(32)43-38)35-15-8-14-33-39-31-12-5-4-11-28(31)19-23-36(39)42-40(33)35/h1-31H;1-27H;1-25H. The highest BCUT2D eigenvalue weighted by Gasteiger charge is 2.29. The van der Waals surface area contributed by atoms with Gasteiger partial charge in [-0.2, -0.15) is 0 Å². The zero-order valence-electron chi connectivity index (χ0n) is 78.2. The molecule has 25 aromatic carbocycles. The van der Waals surface area contributed by atoms with Gasteiger partial charge in [-0.15, -0.1) is 45.3 Å². The van der Waals surface area contributed by atoms with Crippen molar-refractivity contribution >= 4 is 297 Å². The average Bonchev–Trinajstić information content (AvgIpc) is 1.57. The van der Waals surface area contributed by atoms with Crippen molar-refractivity contribution in [3.63, 3.8) is 0 Å². The van der Waals surface area contributed by atoms with Gasteiger partial charge in [0, 0.05) is 132 Å². The highest BCUT2D eigenvalue weighted by Crippen LogP contribution is 2.56. The molecule has 0 aliphatic rings. The maximum absolute atomic E-state index is 6.71. The van der Waals surface area contributed by atoms with Crippen LogP contribution in [0.4, 0.5) is 51.2 Å². The maximum Gasteiger partial charge on any atom is 0.159 e. The molecule has 145 heavy (non-hydrogen) atoms. The predicted molar refractivity (Wildman–Crippen MR) is 628 cm³/mol. The van der Waals surface area contributed by atoms with Gasteiger partial charge in [-0.3, -0.25) is 0 Å². The van der Waals surface area contributed by atoms with Crippen molar-refractivity contribution in [2.24, 2.45) is 0 Å². The summed E-state index contributed by atoms with van der Waals surface area (Å²) in [5, 5.41) is 32.2. The number of fused-ring (bicyclic) bond motifs is 30. The highest BCUT2D eigenvalue weighted by atomic mass is 32.1. The summed E-state index contributed by atoms with van der Waals surface area (Å²) in [7, 11) is 0. The lowest BCUT2D eigenvalue weighted by molar-refractivity contribution is 0.669. The number of hydrogen-bond donors (Lipinski definition) is 0. The van der Waals surface area contributed by atoms with E-state index in [4.69, 9.17) is 8.83 Å². The van der Waals surface area contributed by atoms with Gasteiger partial charge in [-0.25, -0.2) is 0 Å². The molecule has 0 aliphatic carbocycles. The lowest BCUT2D eigenvalue weighted by atomic mass is 9.96. The number of anilines is 9. The number of hydrogen-bond acceptors (Lipinski definition) is 9. The highest BCUT2D eigenvalue weighted by molar-refractivity contribution is 7.27. The quantitative estimate of drug-likeness (QED) is 0.122. The molecule has 0 atom stereocenters. The SMILES string of the molecule is c1ccc(-c2ccc(N(c3ccc4sc5ccc6ccccc6c5c4c3)c3cccc4c3sc3ccccc34)c3ccccc23)cc1.c1ccc(-c2ccc(N(c3ccc4sc5ccccc5c4c3)c3cccc4c3oc3ccc5ccccc5c34)cc2)cc1.c1ccc2c(-c3ccc(N(c4cc5c6ccccc6oc5c5ccccc45)c4cc5ccccc5c5c4sc4ccc6ccccc6c45)cc3)cccc2c1. The first-order valence-corrected chi connectivity index (χ1v) is 52.5. The molecule has 9 heteroatoms. The van der Waals surface area contributed by atoms with Crippen LogP contribution in [0.25, 0.3) is 233 Å². The number of para-hydroxylation sites is 2. The van der Waals surface area contributed by atoms with E-state index in [1.54, 1.807) is 0 Å². The molecule has 0 N–H and O–H groups in total. The zero-order valence-corrected chi connectivity index (χ0v) is 81.5. The van der Waals surface area contributed by atoms with Crippen molar-refractivity contribution < 1.29 is 8.83 Å². The van der Waals surface area contributed by atoms with Crippen LogP contribution in [0.15, 0.2) is 512 Å². The average molecular weight is 1920 g/mol. The van der Waals surface area contributed by atoms with Crippen LogP contribution in [0.5, 0.6) is 0 Å². The van der Waals surface area contributed by atoms with Crippen molar-refractivity contribution in [3.8, 4) is 33.4 Å². The second kappa shape index (κ2) is 34.6. The molecule has 6 heterocycles. The molecule has 0 saturated carbocycles. The second-order valence-electron chi connectivity index (χ2n) is 37.4. The van der Waals surface area contributed by atoms with E-state index in [2.05, 4.69) is 518 Å². The second-order valence-corrected chi connectivity index (χ2v) is 41.7. The lowest BCUT2D eigenvalue weighted by Gasteiger charge is -2.28. The van der Waals surface area contributed by atoms with Crippen LogP contribution in [0.2, 0.25) is 0 Å². The maximum atomic E-state index is 6.71. The summed E-state index contributed by atoms with van der Waals surface area (Å²) >= 11 is 7.49. The summed E-state index contributed by atoms with van der Waals surface area (Å²) in [5.74, 6) is 0. The Hall–Kier alpha value is -17.8. The van der Waals surface area contributed by atoms with Crippen LogP contribution in [-0.2, 0) is 0 Å². The molecule has 0 radical (unpaired) electrons. The molecule has 31 rings (SSSR count). The minimum atomic E-state index is 0.885. The van der Waals surface area contributed by atoms with Gasteiger partial charge in [-0.05, 0) is 220 Å². The van der Waals surface area contributed by atoms with Crippen LogP contribution >= 0.6 is 45.3 Å². The zero-order chi connectivity index (χ0) is 95.3. The van der Waals surface area contributed by atoms with E-state index < -0.39 is 0 Å². The summed E-state index contributed by atoms with van der Waals surface area (Å²) in [6.45, 7) is 0. The molecule has 31 aromatic rings. The Morgan fingerprint density at radius 3 is 1.28 bits per heavy atom. The van der Waals surface area contributed by atoms with E-state index in [1.807, 2.05) is 45.3 Å². The Balaban J connectivity index is 0.000000104. The molecule has 6 aromatic heterocycles. The molecule has 678 valence electrons. The van der Waals surface area contributed by atoms with Gasteiger partial charge in [0.1, 0.15) is 16.7 Å². The first-order chi connectivity index (χ1) is 71.9. The van der Waals surface area contributed by atoms with Crippen LogP contribution in [-0.4, -0.2) is 0 Å². The molecule has 0 amide bonds. The fourth-order valence-corrected chi connectivity index (χ4v) is 27.3. The summed E-state index contributed by atoms with van der Waals surface area (Å²) in [6.07, 6.45) is 0. The van der Waals surface area contributed by atoms with Crippen LogP contribution in [0.3, 0.4) is 0 Å². The minimum Gasteiger partial charge on any atom is -0.455 e. The summed E-state index contributed by atoms with van der Waals surface area (Å²) < 4.78 is 23.7. The van der Waals surface area contributed by atoms with Crippen LogP contribution in [0, 0.1) is 0 Å². The van der Waals surface area contributed by atoms with Gasteiger partial charge in [-0.1, -0.05) is 376 Å². The number of benzene rings is 25. The molecule has 0 fully saturated rings. The third-order valence-electron chi connectivity index (χ3n) is 29.3. The Kier molecular flexibility index (Phi) is 20.1. The Morgan fingerprint density at radius 2 is 0.572 bits per heavy atom. The van der Waals surface area contributed by atoms with E-state index >= 15 is 0 Å². The molecule has 0 bridgehead atoms. The largest absolute Gasteiger partial charge is 0.455 e. The summed E-state index contributed by atoms with van der Waals surface area (Å²) in [5.41, 5.74) is 21.0. The van der Waals surface area contributed by atoms with Crippen molar-refractivity contribution in [3.05, 3.63) is 504 Å². The van der Waals surface area contributed by atoms with E-state index in [1.165, 1.54) is 190 Å². The monoisotopic (exact) mass is 1920 g/mol. The normalized spacial score (nSPS) is 11.9. The first kappa shape index (κ1) is 84.1. The molecular formula is C136H83N3O2S4. The lowest BCUT2D eigenvalue weighted by Crippen LogP contribution is -2.11. The minimum absolute atomic E-state index is 0.885. The summed E-state index contributed by atoms with van der Waals surface area (Å²) in [4.78, 5) is 7.35. The van der Waals surface area contributed by atoms with Gasteiger partial charge in [0.2, 0.25) is 0 Å². The van der Waals surface area contributed by atoms with Crippen molar-refractivity contribution in [1.82, 2.24) is 0 Å². The van der Waals surface area contributed by atoms with Gasteiger partial charge in [0.05, 0.1) is 37.8 Å². The molecule has 0 aliphatic heterocycles. The van der Waals surface area contributed by atoms with E-state index in [0.29, 0.717) is 0 Å². The fourth-order valence-electron chi connectivity index (χ4n) is 22.7. The molecule has 0 unspecified atom stereocenters. The number of nitrogens with zero attached hydrogens (tertiary/aromatic N) is 3. The van der Waals surface area contributed by atoms with Crippen LogP contribution < -0.4 is 14.7 Å². The van der Waals surface area contributed by atoms with Crippen molar-refractivity contribution in [1.29, 1.82) is 0 Å². The molecular weight excluding hydrogens is 1840 g/mol. The number of rotatable bonds is 12. The smallest absolute Gasteiger partial charge is 0.159 e. The van der Waals surface area contributed by atoms with Gasteiger partial charge in [0.25, 0.3) is 0 Å². The fraction of sp³-hybridized carbons (Fsp3) is 0. The Bertz CT molecular complexity index is 10700. The third-order valence-corrected chi connectivity index (χ3v) is 34.0. The van der Waals surface area contributed by atoms with Gasteiger partial charge < -0.3 is 23.5 Å². The summed E-state index contributed by atoms with van der Waals surface area (Å²) in [6, 6.07) is 183. The third kappa shape index (κ3) is 14.1. The van der Waals surface area contributed by atoms with Crippen molar-refractivity contribution in [2.45, 2.75) is 0 Å². The van der Waals surface area contributed by atoms with Crippen LogP contribution in [0.1, 0.15) is 0 Å².